The highest BCUT2D eigenvalue weighted by Gasteiger charge is 2.31. The molecular formula is C44H30N4. The van der Waals surface area contributed by atoms with Gasteiger partial charge in [0.05, 0.1) is 33.8 Å². The molecule has 1 aliphatic carbocycles. The Kier molecular flexibility index (Phi) is 5.26. The van der Waals surface area contributed by atoms with Crippen molar-refractivity contribution in [2.75, 3.05) is 0 Å². The highest BCUT2D eigenvalue weighted by atomic mass is 15.3. The van der Waals surface area contributed by atoms with Crippen LogP contribution in [0.1, 0.15) is 11.9 Å². The molecule has 2 aliphatic heterocycles. The molecule has 0 saturated heterocycles. The summed E-state index contributed by atoms with van der Waals surface area (Å²) in [6, 6.07) is 49.1. The van der Waals surface area contributed by atoms with E-state index in [1.165, 1.54) is 82.7 Å². The topological polar surface area (TPSA) is 33.9 Å². The standard InChI is InChI=1S/C44H30N4/c1-2-13-27(14-3-1)42-34-19-6-9-22-37(34)45-44(46-42)48-39-24-11-8-18-31(39)36-25-35-29-16-5-4-15-28(29)32-20-12-21-33-30-17-7-10-23-38(30)47(43(32)33)40(35)26-41(36)48/h1-26,37,44-46H. The van der Waals surface area contributed by atoms with Gasteiger partial charge in [0.15, 0.2) is 6.29 Å². The molecule has 8 aromatic rings. The van der Waals surface area contributed by atoms with Crippen molar-refractivity contribution < 1.29 is 0 Å². The Bertz CT molecular complexity index is 2740. The van der Waals surface area contributed by atoms with E-state index in [0.717, 1.165) is 5.70 Å². The molecule has 2 aromatic heterocycles. The third-order valence-electron chi connectivity index (χ3n) is 10.5. The Morgan fingerprint density at radius 1 is 0.521 bits per heavy atom. The van der Waals surface area contributed by atoms with Gasteiger partial charge in [-0.2, -0.15) is 0 Å². The number of benzene rings is 6. The first-order valence-electron chi connectivity index (χ1n) is 16.7. The van der Waals surface area contributed by atoms with Crippen molar-refractivity contribution in [2.24, 2.45) is 0 Å². The fourth-order valence-electron chi connectivity index (χ4n) is 8.50. The molecule has 2 unspecified atom stereocenters. The van der Waals surface area contributed by atoms with E-state index < -0.39 is 0 Å². The van der Waals surface area contributed by atoms with Crippen molar-refractivity contribution in [3.63, 3.8) is 0 Å². The van der Waals surface area contributed by atoms with Gasteiger partial charge in [0.2, 0.25) is 0 Å². The van der Waals surface area contributed by atoms with E-state index in [1.807, 2.05) is 0 Å². The molecule has 11 rings (SSSR count). The quantitative estimate of drug-likeness (QED) is 0.203. The summed E-state index contributed by atoms with van der Waals surface area (Å²) in [4.78, 5) is 0. The molecule has 0 fully saturated rings. The largest absolute Gasteiger partial charge is 0.352 e. The highest BCUT2D eigenvalue weighted by molar-refractivity contribution is 6.18. The Hall–Kier alpha value is -6.10. The lowest BCUT2D eigenvalue weighted by atomic mass is 9.93. The summed E-state index contributed by atoms with van der Waals surface area (Å²) in [6.07, 6.45) is 8.59. The molecule has 0 radical (unpaired) electrons. The molecule has 0 amide bonds. The van der Waals surface area contributed by atoms with Crippen LogP contribution in [-0.2, 0) is 0 Å². The number of rotatable bonds is 2. The van der Waals surface area contributed by atoms with Crippen LogP contribution < -0.4 is 10.6 Å². The molecule has 226 valence electrons. The lowest BCUT2D eigenvalue weighted by Crippen LogP contribution is -2.48. The minimum atomic E-state index is -0.183. The maximum Gasteiger partial charge on any atom is 0.160 e. The third-order valence-corrected chi connectivity index (χ3v) is 10.5. The van der Waals surface area contributed by atoms with E-state index in [9.17, 15) is 0 Å². The zero-order valence-corrected chi connectivity index (χ0v) is 26.1. The van der Waals surface area contributed by atoms with Crippen LogP contribution in [-0.4, -0.2) is 15.2 Å². The molecule has 2 atom stereocenters. The minimum absolute atomic E-state index is 0.0836. The van der Waals surface area contributed by atoms with Gasteiger partial charge in [-0.25, -0.2) is 0 Å². The summed E-state index contributed by atoms with van der Waals surface area (Å²) >= 11 is 0. The van der Waals surface area contributed by atoms with Gasteiger partial charge in [-0.1, -0.05) is 133 Å². The second-order valence-corrected chi connectivity index (χ2v) is 13.0. The molecule has 4 heteroatoms. The Labute approximate surface area is 277 Å². The molecule has 0 bridgehead atoms. The van der Waals surface area contributed by atoms with Crippen molar-refractivity contribution in [1.29, 1.82) is 0 Å². The predicted octanol–water partition coefficient (Wildman–Crippen LogP) is 10.1. The van der Waals surface area contributed by atoms with Crippen molar-refractivity contribution in [2.45, 2.75) is 12.3 Å². The molecular weight excluding hydrogens is 585 g/mol. The average molecular weight is 615 g/mol. The monoisotopic (exact) mass is 614 g/mol. The summed E-state index contributed by atoms with van der Waals surface area (Å²) in [7, 11) is 0. The molecule has 48 heavy (non-hydrogen) atoms. The highest BCUT2D eigenvalue weighted by Crippen LogP contribution is 2.48. The summed E-state index contributed by atoms with van der Waals surface area (Å²) in [5.41, 5.74) is 14.7. The first-order valence-corrected chi connectivity index (χ1v) is 16.7. The van der Waals surface area contributed by atoms with Crippen molar-refractivity contribution in [3.05, 3.63) is 169 Å². The summed E-state index contributed by atoms with van der Waals surface area (Å²) in [5.74, 6) is 0. The molecule has 0 spiro atoms. The number of nitrogens with one attached hydrogen (secondary N) is 2. The molecule has 4 nitrogen and oxygen atoms in total. The number of nitrogens with zero attached hydrogens (tertiary/aromatic N) is 2. The van der Waals surface area contributed by atoms with Crippen LogP contribution >= 0.6 is 0 Å². The second-order valence-electron chi connectivity index (χ2n) is 13.0. The van der Waals surface area contributed by atoms with E-state index in [-0.39, 0.29) is 12.3 Å². The number of aromatic nitrogens is 2. The van der Waals surface area contributed by atoms with Crippen LogP contribution in [0.25, 0.3) is 77.2 Å². The number of fused-ring (bicyclic) bond motifs is 12. The van der Waals surface area contributed by atoms with Crippen LogP contribution in [0.2, 0.25) is 0 Å². The van der Waals surface area contributed by atoms with Gasteiger partial charge in [-0.3, -0.25) is 5.32 Å². The molecule has 2 N–H and O–H groups in total. The van der Waals surface area contributed by atoms with Crippen LogP contribution in [0.4, 0.5) is 0 Å². The van der Waals surface area contributed by atoms with Gasteiger partial charge in [0, 0.05) is 38.4 Å². The maximum absolute atomic E-state index is 3.96. The van der Waals surface area contributed by atoms with Crippen LogP contribution in [0.5, 0.6) is 0 Å². The van der Waals surface area contributed by atoms with Crippen LogP contribution in [0.15, 0.2) is 163 Å². The summed E-state index contributed by atoms with van der Waals surface area (Å²) < 4.78 is 4.99. The van der Waals surface area contributed by atoms with E-state index in [2.05, 4.69) is 178 Å². The van der Waals surface area contributed by atoms with Gasteiger partial charge in [0.25, 0.3) is 0 Å². The first kappa shape index (κ1) is 26.0. The number of hydrogen-bond acceptors (Lipinski definition) is 2. The number of para-hydroxylation sites is 3. The van der Waals surface area contributed by atoms with Crippen LogP contribution in [0.3, 0.4) is 0 Å². The minimum Gasteiger partial charge on any atom is -0.352 e. The van der Waals surface area contributed by atoms with E-state index in [1.54, 1.807) is 0 Å². The van der Waals surface area contributed by atoms with Gasteiger partial charge in [0.1, 0.15) is 0 Å². The molecule has 6 aromatic carbocycles. The van der Waals surface area contributed by atoms with Gasteiger partial charge in [-0.05, 0) is 46.5 Å². The van der Waals surface area contributed by atoms with E-state index in [4.69, 9.17) is 0 Å². The fourth-order valence-corrected chi connectivity index (χ4v) is 8.50. The summed E-state index contributed by atoms with van der Waals surface area (Å²) in [6.45, 7) is 0. The van der Waals surface area contributed by atoms with Crippen molar-refractivity contribution in [3.8, 4) is 27.9 Å². The number of allylic oxidation sites excluding steroid dienone is 2. The lowest BCUT2D eigenvalue weighted by Gasteiger charge is -2.37. The lowest BCUT2D eigenvalue weighted by molar-refractivity contribution is 0.363. The van der Waals surface area contributed by atoms with Gasteiger partial charge >= 0.3 is 0 Å². The van der Waals surface area contributed by atoms with E-state index in [0.29, 0.717) is 0 Å². The number of hydrogen-bond donors (Lipinski definition) is 2. The molecule has 0 saturated carbocycles. The molecule has 3 aliphatic rings. The van der Waals surface area contributed by atoms with E-state index >= 15 is 0 Å². The Morgan fingerprint density at radius 2 is 1.21 bits per heavy atom. The van der Waals surface area contributed by atoms with Crippen molar-refractivity contribution >= 4 is 49.3 Å². The maximum atomic E-state index is 3.96. The first-order chi connectivity index (χ1) is 23.8. The predicted molar refractivity (Wildman–Crippen MR) is 199 cm³/mol. The zero-order valence-electron chi connectivity index (χ0n) is 26.1. The normalized spacial score (nSPS) is 17.8. The van der Waals surface area contributed by atoms with Crippen molar-refractivity contribution in [1.82, 2.24) is 19.8 Å². The average Bonchev–Trinajstić information content (AvgIpc) is 3.62. The zero-order chi connectivity index (χ0) is 31.3. The second kappa shape index (κ2) is 9.71. The molecule has 4 heterocycles. The summed E-state index contributed by atoms with van der Waals surface area (Å²) in [5, 5.41) is 13.0. The Balaban J connectivity index is 1.24. The third kappa shape index (κ3) is 3.47. The fraction of sp³-hybridized carbons (Fsp3) is 0.0455. The SMILES string of the molecule is C1=CC2=C(c3ccccc3)NC(n3c4ccccc4c4cc5c(cc43)-n3c4ccccc4c4cccc(c43)-c3ccccc3-5)NC2C=C1. The smallest absolute Gasteiger partial charge is 0.160 e. The Morgan fingerprint density at radius 3 is 2.06 bits per heavy atom. The van der Waals surface area contributed by atoms with Crippen LogP contribution in [0, 0.1) is 0 Å². The van der Waals surface area contributed by atoms with Gasteiger partial charge in [-0.15, -0.1) is 0 Å². The van der Waals surface area contributed by atoms with Gasteiger partial charge < -0.3 is 14.5 Å².